The number of likely N-dealkylation sites (tertiary alicyclic amines) is 1. The van der Waals surface area contributed by atoms with Crippen molar-refractivity contribution in [3.05, 3.63) is 47.0 Å². The molecule has 2 atom stereocenters. The summed E-state index contributed by atoms with van der Waals surface area (Å²) < 4.78 is 6.76. The van der Waals surface area contributed by atoms with Gasteiger partial charge in [0.15, 0.2) is 0 Å². The Hall–Kier alpha value is -1.74. The van der Waals surface area contributed by atoms with Crippen LogP contribution in [-0.2, 0) is 21.7 Å². The zero-order valence-electron chi connectivity index (χ0n) is 15.9. The lowest BCUT2D eigenvalue weighted by molar-refractivity contribution is 0.0433. The number of aromatic nitrogens is 1. The molecular formula is C19H25N3O3SSi. The highest BCUT2D eigenvalue weighted by Gasteiger charge is 2.55. The highest BCUT2D eigenvalue weighted by molar-refractivity contribution is 7.25. The van der Waals surface area contributed by atoms with Gasteiger partial charge < -0.3 is 14.5 Å². The van der Waals surface area contributed by atoms with Gasteiger partial charge in [0.25, 0.3) is 0 Å². The summed E-state index contributed by atoms with van der Waals surface area (Å²) in [5.41, 5.74) is 3.82. The van der Waals surface area contributed by atoms with E-state index in [4.69, 9.17) is 9.57 Å². The predicted octanol–water partition coefficient (Wildman–Crippen LogP) is 2.69. The minimum absolute atomic E-state index is 0.205. The molecule has 3 heterocycles. The van der Waals surface area contributed by atoms with E-state index in [-0.39, 0.29) is 24.2 Å². The van der Waals surface area contributed by atoms with E-state index in [2.05, 4.69) is 30.1 Å². The van der Waals surface area contributed by atoms with Crippen molar-refractivity contribution in [2.45, 2.75) is 31.8 Å². The molecule has 1 amide bonds. The summed E-state index contributed by atoms with van der Waals surface area (Å²) >= 11 is 1.76. The Kier molecular flexibility index (Phi) is 4.83. The molecule has 1 aromatic heterocycles. The maximum absolute atomic E-state index is 12.6. The molecule has 2 fully saturated rings. The van der Waals surface area contributed by atoms with Gasteiger partial charge in [-0.25, -0.2) is 4.79 Å². The minimum atomic E-state index is -1.47. The number of hydrogen-bond donors (Lipinski definition) is 1. The van der Waals surface area contributed by atoms with Crippen molar-refractivity contribution in [3.8, 4) is 0 Å². The summed E-state index contributed by atoms with van der Waals surface area (Å²) in [4.78, 5) is 25.8. The van der Waals surface area contributed by atoms with Crippen LogP contribution >= 0.6 is 11.3 Å². The largest absolute Gasteiger partial charge is 0.445 e. The second kappa shape index (κ2) is 7.01. The average molecular weight is 404 g/mol. The molecule has 2 saturated heterocycles. The molecule has 0 radical (unpaired) electrons. The van der Waals surface area contributed by atoms with E-state index >= 15 is 0 Å². The van der Waals surface area contributed by atoms with Crippen molar-refractivity contribution in [1.82, 2.24) is 15.4 Å². The van der Waals surface area contributed by atoms with Gasteiger partial charge in [0.05, 0.1) is 11.2 Å². The van der Waals surface area contributed by atoms with Crippen LogP contribution in [0.15, 0.2) is 36.5 Å². The molecule has 4 rings (SSSR count). The third-order valence-corrected chi connectivity index (χ3v) is 9.71. The lowest BCUT2D eigenvalue weighted by Crippen LogP contribution is -2.43. The lowest BCUT2D eigenvalue weighted by atomic mass is 9.88. The van der Waals surface area contributed by atoms with E-state index in [1.165, 1.54) is 4.63 Å². The Bertz CT molecular complexity index is 823. The Morgan fingerprint density at radius 3 is 2.89 bits per heavy atom. The number of nitrogens with zero attached hydrogens (tertiary/aromatic N) is 2. The summed E-state index contributed by atoms with van der Waals surface area (Å²) in [6.07, 6.45) is 1.69. The SMILES string of the molecule is C[Si](C)(C)c1ncc([C@]23CN(C(=O)OCc4ccccc4)C[C@@H]2CON3)s1. The van der Waals surface area contributed by atoms with Gasteiger partial charge in [-0.15, -0.1) is 11.3 Å². The van der Waals surface area contributed by atoms with Gasteiger partial charge in [-0.1, -0.05) is 50.0 Å². The summed E-state index contributed by atoms with van der Waals surface area (Å²) in [6.45, 7) is 8.93. The Balaban J connectivity index is 1.48. The molecule has 0 bridgehead atoms. The van der Waals surface area contributed by atoms with Crippen molar-refractivity contribution < 1.29 is 14.4 Å². The zero-order valence-corrected chi connectivity index (χ0v) is 17.7. The number of nitrogens with one attached hydrogen (secondary N) is 1. The van der Waals surface area contributed by atoms with Crippen LogP contribution in [-0.4, -0.2) is 43.7 Å². The minimum Gasteiger partial charge on any atom is -0.445 e. The molecule has 1 N–H and O–H groups in total. The highest BCUT2D eigenvalue weighted by atomic mass is 32.1. The molecule has 6 nitrogen and oxygen atoms in total. The number of hydroxylamine groups is 1. The van der Waals surface area contributed by atoms with Gasteiger partial charge in [-0.2, -0.15) is 5.48 Å². The first-order valence-corrected chi connectivity index (χ1v) is 13.5. The number of ether oxygens (including phenoxy) is 1. The quantitative estimate of drug-likeness (QED) is 0.795. The first kappa shape index (κ1) is 18.6. The number of carbonyl (C=O) groups excluding carboxylic acids is 1. The van der Waals surface area contributed by atoms with Crippen molar-refractivity contribution in [3.63, 3.8) is 0 Å². The van der Waals surface area contributed by atoms with Crippen LogP contribution < -0.4 is 10.1 Å². The fraction of sp³-hybridized carbons (Fsp3) is 0.474. The topological polar surface area (TPSA) is 63.7 Å². The Morgan fingerprint density at radius 2 is 2.19 bits per heavy atom. The zero-order chi connectivity index (χ0) is 19.1. The molecule has 2 aromatic rings. The summed E-state index contributed by atoms with van der Waals surface area (Å²) in [5, 5.41) is 0. The molecule has 0 unspecified atom stereocenters. The van der Waals surface area contributed by atoms with Gasteiger partial charge in [0, 0.05) is 30.1 Å². The van der Waals surface area contributed by atoms with E-state index in [1.54, 1.807) is 16.2 Å². The maximum atomic E-state index is 12.6. The first-order valence-electron chi connectivity index (χ1n) is 9.20. The molecule has 2 aliphatic heterocycles. The fourth-order valence-corrected chi connectivity index (χ4v) is 6.48. The number of fused-ring (bicyclic) bond motifs is 1. The molecule has 8 heteroatoms. The monoisotopic (exact) mass is 403 g/mol. The Morgan fingerprint density at radius 1 is 1.41 bits per heavy atom. The highest BCUT2D eigenvalue weighted by Crippen LogP contribution is 2.42. The van der Waals surface area contributed by atoms with Gasteiger partial charge in [-0.3, -0.25) is 4.98 Å². The number of benzene rings is 1. The Labute approximate surface area is 164 Å². The summed E-state index contributed by atoms with van der Waals surface area (Å²) in [5.74, 6) is 0.205. The number of carbonyl (C=O) groups is 1. The normalized spacial score (nSPS) is 24.9. The van der Waals surface area contributed by atoms with E-state index in [0.717, 1.165) is 10.4 Å². The molecule has 144 valence electrons. The van der Waals surface area contributed by atoms with E-state index in [0.29, 0.717) is 19.7 Å². The summed E-state index contributed by atoms with van der Waals surface area (Å²) in [7, 11) is -1.47. The predicted molar refractivity (Wildman–Crippen MR) is 108 cm³/mol. The third kappa shape index (κ3) is 3.54. The van der Waals surface area contributed by atoms with Gasteiger partial charge in [0.2, 0.25) is 0 Å². The van der Waals surface area contributed by atoms with Gasteiger partial charge in [0.1, 0.15) is 20.2 Å². The summed E-state index contributed by atoms with van der Waals surface area (Å²) in [6, 6.07) is 9.75. The number of rotatable bonds is 4. The second-order valence-corrected chi connectivity index (χ2v) is 14.6. The number of amides is 1. The molecule has 27 heavy (non-hydrogen) atoms. The van der Waals surface area contributed by atoms with Crippen molar-refractivity contribution in [2.24, 2.45) is 5.92 Å². The van der Waals surface area contributed by atoms with E-state index in [9.17, 15) is 4.79 Å². The average Bonchev–Trinajstić information content (AvgIpc) is 3.33. The van der Waals surface area contributed by atoms with Crippen LogP contribution in [0.5, 0.6) is 0 Å². The standard InChI is InChI=1S/C19H25N3O3SSi/c1-27(2,3)17-20-9-16(26-17)19-13-22(10-15(19)12-25-21-19)18(23)24-11-14-7-5-4-6-8-14/h4-9,15,21H,10-13H2,1-3H3/t15-,19+/m1/s1. The van der Waals surface area contributed by atoms with Crippen LogP contribution in [0.4, 0.5) is 4.79 Å². The smallest absolute Gasteiger partial charge is 0.410 e. The molecule has 1 aromatic carbocycles. The number of thiazole rings is 1. The second-order valence-electron chi connectivity index (χ2n) is 8.28. The molecule has 0 spiro atoms. The lowest BCUT2D eigenvalue weighted by Gasteiger charge is -2.25. The molecule has 0 saturated carbocycles. The van der Waals surface area contributed by atoms with Crippen LogP contribution in [0.3, 0.4) is 0 Å². The van der Waals surface area contributed by atoms with E-state index in [1.807, 2.05) is 36.5 Å². The van der Waals surface area contributed by atoms with Crippen LogP contribution in [0, 0.1) is 5.92 Å². The molecular weight excluding hydrogens is 378 g/mol. The van der Waals surface area contributed by atoms with Gasteiger partial charge in [-0.05, 0) is 5.56 Å². The van der Waals surface area contributed by atoms with Crippen molar-refractivity contribution in [2.75, 3.05) is 19.7 Å². The first-order chi connectivity index (χ1) is 12.9. The van der Waals surface area contributed by atoms with E-state index < -0.39 is 8.07 Å². The number of hydrogen-bond acceptors (Lipinski definition) is 6. The molecule has 0 aliphatic carbocycles. The molecule has 2 aliphatic rings. The fourth-order valence-electron chi connectivity index (χ4n) is 3.60. The van der Waals surface area contributed by atoms with Crippen LogP contribution in [0.1, 0.15) is 10.4 Å². The van der Waals surface area contributed by atoms with Crippen LogP contribution in [0.2, 0.25) is 19.6 Å². The third-order valence-electron chi connectivity index (χ3n) is 5.17. The van der Waals surface area contributed by atoms with Crippen molar-refractivity contribution >= 4 is 30.1 Å². The van der Waals surface area contributed by atoms with Gasteiger partial charge >= 0.3 is 6.09 Å². The van der Waals surface area contributed by atoms with Crippen LogP contribution in [0.25, 0.3) is 0 Å². The van der Waals surface area contributed by atoms with Crippen molar-refractivity contribution in [1.29, 1.82) is 0 Å². The maximum Gasteiger partial charge on any atom is 0.410 e.